The molecule has 0 spiro atoms. The molecule has 0 unspecified atom stereocenters. The van der Waals surface area contributed by atoms with Crippen molar-refractivity contribution in [2.75, 3.05) is 0 Å². The zero-order chi connectivity index (χ0) is 23.4. The van der Waals surface area contributed by atoms with Crippen LogP contribution in [0, 0.1) is 19.8 Å². The second-order valence-corrected chi connectivity index (χ2v) is 10.2. The summed E-state index contributed by atoms with van der Waals surface area (Å²) in [6.07, 6.45) is 1.49. The van der Waals surface area contributed by atoms with Gasteiger partial charge in [0.1, 0.15) is 0 Å². The van der Waals surface area contributed by atoms with E-state index in [4.69, 9.17) is 14.6 Å². The Bertz CT molecular complexity index is 1360. The van der Waals surface area contributed by atoms with Gasteiger partial charge in [0.25, 0.3) is 5.89 Å². The van der Waals surface area contributed by atoms with E-state index >= 15 is 0 Å². The quantitative estimate of drug-likeness (QED) is 0.389. The summed E-state index contributed by atoms with van der Waals surface area (Å²) in [7, 11) is 0. The summed E-state index contributed by atoms with van der Waals surface area (Å²) in [4.78, 5) is 18.2. The van der Waals surface area contributed by atoms with Crippen LogP contribution in [0.3, 0.4) is 0 Å². The van der Waals surface area contributed by atoms with Crippen LogP contribution in [0.4, 0.5) is 0 Å². The molecule has 3 heterocycles. The molecular weight excluding hydrogens is 446 g/mol. The third-order valence-corrected chi connectivity index (χ3v) is 7.89. The lowest BCUT2D eigenvalue weighted by atomic mass is 9.79. The molecule has 0 atom stereocenters. The minimum absolute atomic E-state index is 0.186. The number of rotatable bonds is 5. The molecule has 1 N–H and O–H groups in total. The fourth-order valence-electron chi connectivity index (χ4n) is 5.31. The highest BCUT2D eigenvalue weighted by atomic mass is 32.1. The zero-order valence-electron chi connectivity index (χ0n) is 19.1. The first kappa shape index (κ1) is 21.3. The summed E-state index contributed by atoms with van der Waals surface area (Å²) >= 11 is 1.70. The number of aryl methyl sites for hydroxylation is 2. The average Bonchev–Trinajstić information content (AvgIpc) is 3.52. The van der Waals surface area contributed by atoms with Gasteiger partial charge in [0, 0.05) is 30.3 Å². The summed E-state index contributed by atoms with van der Waals surface area (Å²) in [5.74, 6) is 0.251. The zero-order valence-corrected chi connectivity index (χ0v) is 19.9. The number of benzene rings is 2. The standard InChI is InChI=1S/C27H25N3O3S/c1-15-7-20(8-16(2)24(15)19-5-6-34-14-19)26-28-25(29-33-26)17-3-4-18-12-30(13-22(18)9-17)23-10-21(11-23)27(31)32/h3-9,14,21,23H,10-13H2,1-2H3,(H,31,32)/t21-,23-. The molecule has 1 fully saturated rings. The molecule has 4 aromatic rings. The predicted octanol–water partition coefficient (Wildman–Crippen LogP) is 5.93. The van der Waals surface area contributed by atoms with Gasteiger partial charge in [0.15, 0.2) is 0 Å². The van der Waals surface area contributed by atoms with Gasteiger partial charge >= 0.3 is 5.97 Å². The first-order valence-corrected chi connectivity index (χ1v) is 12.5. The van der Waals surface area contributed by atoms with Gasteiger partial charge in [0.05, 0.1) is 5.92 Å². The van der Waals surface area contributed by atoms with Crippen molar-refractivity contribution in [3.63, 3.8) is 0 Å². The van der Waals surface area contributed by atoms with Gasteiger partial charge < -0.3 is 9.63 Å². The number of thiophene rings is 1. The van der Waals surface area contributed by atoms with Crippen molar-refractivity contribution in [2.24, 2.45) is 5.92 Å². The van der Waals surface area contributed by atoms with Crippen molar-refractivity contribution in [2.45, 2.75) is 45.8 Å². The summed E-state index contributed by atoms with van der Waals surface area (Å²) < 4.78 is 5.66. The van der Waals surface area contributed by atoms with Crippen molar-refractivity contribution >= 4 is 17.3 Å². The van der Waals surface area contributed by atoms with Crippen LogP contribution in [0.15, 0.2) is 51.7 Å². The normalized spacial score (nSPS) is 19.7. The van der Waals surface area contributed by atoms with E-state index < -0.39 is 5.97 Å². The van der Waals surface area contributed by atoms with E-state index in [1.807, 2.05) is 6.07 Å². The largest absolute Gasteiger partial charge is 0.481 e. The van der Waals surface area contributed by atoms with Crippen molar-refractivity contribution < 1.29 is 14.4 Å². The van der Waals surface area contributed by atoms with Gasteiger partial charge in [0.2, 0.25) is 5.82 Å². The van der Waals surface area contributed by atoms with Gasteiger partial charge in [-0.1, -0.05) is 17.3 Å². The predicted molar refractivity (Wildman–Crippen MR) is 131 cm³/mol. The highest BCUT2D eigenvalue weighted by Crippen LogP contribution is 2.38. The molecule has 6 nitrogen and oxygen atoms in total. The fraction of sp³-hybridized carbons (Fsp3) is 0.296. The fourth-order valence-corrected chi connectivity index (χ4v) is 5.96. The Balaban J connectivity index is 1.22. The van der Waals surface area contributed by atoms with Gasteiger partial charge in [-0.3, -0.25) is 9.69 Å². The lowest BCUT2D eigenvalue weighted by Gasteiger charge is -2.39. The van der Waals surface area contributed by atoms with Gasteiger partial charge in [-0.15, -0.1) is 0 Å². The maximum absolute atomic E-state index is 11.1. The van der Waals surface area contributed by atoms with Crippen LogP contribution in [0.2, 0.25) is 0 Å². The number of aliphatic carboxylic acids is 1. The lowest BCUT2D eigenvalue weighted by molar-refractivity contribution is -0.147. The Morgan fingerprint density at radius 3 is 2.50 bits per heavy atom. The topological polar surface area (TPSA) is 79.5 Å². The molecule has 7 heteroatoms. The van der Waals surface area contributed by atoms with Crippen LogP contribution in [-0.2, 0) is 17.9 Å². The number of carbonyl (C=O) groups is 1. The van der Waals surface area contributed by atoms with Crippen LogP contribution >= 0.6 is 11.3 Å². The number of carboxylic acids is 1. The van der Waals surface area contributed by atoms with Crippen molar-refractivity contribution in [1.82, 2.24) is 15.0 Å². The monoisotopic (exact) mass is 471 g/mol. The lowest BCUT2D eigenvalue weighted by Crippen LogP contribution is -2.44. The molecule has 6 rings (SSSR count). The van der Waals surface area contributed by atoms with E-state index in [9.17, 15) is 4.79 Å². The van der Waals surface area contributed by atoms with Gasteiger partial charge in [-0.05, 0) is 95.1 Å². The Morgan fingerprint density at radius 2 is 1.79 bits per heavy atom. The Labute approximate surface area is 201 Å². The maximum Gasteiger partial charge on any atom is 0.306 e. The molecule has 0 saturated heterocycles. The Kier molecular flexibility index (Phi) is 5.12. The summed E-state index contributed by atoms with van der Waals surface area (Å²) in [5.41, 5.74) is 9.29. The van der Waals surface area contributed by atoms with E-state index in [1.165, 1.54) is 33.4 Å². The van der Waals surface area contributed by atoms with E-state index in [0.717, 1.165) is 37.1 Å². The molecule has 172 valence electrons. The van der Waals surface area contributed by atoms with E-state index in [-0.39, 0.29) is 5.92 Å². The summed E-state index contributed by atoms with van der Waals surface area (Å²) in [6.45, 7) is 5.95. The molecule has 34 heavy (non-hydrogen) atoms. The summed E-state index contributed by atoms with van der Waals surface area (Å²) in [6, 6.07) is 13.1. The molecule has 1 aliphatic carbocycles. The number of carboxylic acid groups (broad SMARTS) is 1. The third-order valence-electron chi connectivity index (χ3n) is 7.21. The Morgan fingerprint density at radius 1 is 1.03 bits per heavy atom. The molecule has 1 saturated carbocycles. The molecule has 2 aliphatic rings. The first-order chi connectivity index (χ1) is 16.5. The van der Waals surface area contributed by atoms with Crippen LogP contribution in [-0.4, -0.2) is 32.2 Å². The molecule has 0 bridgehead atoms. The minimum atomic E-state index is -0.672. The number of nitrogens with zero attached hydrogens (tertiary/aromatic N) is 3. The number of hydrogen-bond donors (Lipinski definition) is 1. The minimum Gasteiger partial charge on any atom is -0.481 e. The van der Waals surface area contributed by atoms with Crippen LogP contribution in [0.5, 0.6) is 0 Å². The highest BCUT2D eigenvalue weighted by molar-refractivity contribution is 7.08. The second kappa shape index (κ2) is 8.18. The van der Waals surface area contributed by atoms with Crippen molar-refractivity contribution in [1.29, 1.82) is 0 Å². The smallest absolute Gasteiger partial charge is 0.306 e. The summed E-state index contributed by atoms with van der Waals surface area (Å²) in [5, 5.41) is 17.7. The van der Waals surface area contributed by atoms with Gasteiger partial charge in [-0.2, -0.15) is 16.3 Å². The van der Waals surface area contributed by atoms with E-state index in [0.29, 0.717) is 17.8 Å². The third kappa shape index (κ3) is 3.65. The molecule has 2 aromatic heterocycles. The van der Waals surface area contributed by atoms with Gasteiger partial charge in [-0.25, -0.2) is 0 Å². The van der Waals surface area contributed by atoms with Crippen LogP contribution < -0.4 is 0 Å². The first-order valence-electron chi connectivity index (χ1n) is 11.5. The average molecular weight is 472 g/mol. The molecule has 0 amide bonds. The molecular formula is C27H25N3O3S. The molecule has 0 radical (unpaired) electrons. The van der Waals surface area contributed by atoms with Crippen molar-refractivity contribution in [3.8, 4) is 34.0 Å². The van der Waals surface area contributed by atoms with Crippen LogP contribution in [0.25, 0.3) is 34.0 Å². The Hall–Kier alpha value is -3.29. The van der Waals surface area contributed by atoms with Crippen LogP contribution in [0.1, 0.15) is 35.1 Å². The second-order valence-electron chi connectivity index (χ2n) is 9.47. The number of fused-ring (bicyclic) bond motifs is 1. The SMILES string of the molecule is Cc1cc(-c2nc(-c3ccc4c(c3)CN([C@H]3C[C@H](C(=O)O)C3)C4)no2)cc(C)c1-c1ccsc1. The molecule has 2 aromatic carbocycles. The van der Waals surface area contributed by atoms with E-state index in [1.54, 1.807) is 11.3 Å². The highest BCUT2D eigenvalue weighted by Gasteiger charge is 2.39. The number of hydrogen-bond acceptors (Lipinski definition) is 6. The maximum atomic E-state index is 11.1. The van der Waals surface area contributed by atoms with Crippen molar-refractivity contribution in [3.05, 3.63) is 69.4 Å². The molecule has 1 aliphatic heterocycles. The number of aromatic nitrogens is 2. The van der Waals surface area contributed by atoms with E-state index in [2.05, 4.69) is 65.0 Å².